The lowest BCUT2D eigenvalue weighted by atomic mass is 10.2. The van der Waals surface area contributed by atoms with Crippen molar-refractivity contribution < 1.29 is 23.0 Å². The molecule has 0 fully saturated rings. The van der Waals surface area contributed by atoms with E-state index < -0.39 is 17.7 Å². The summed E-state index contributed by atoms with van der Waals surface area (Å²) in [4.78, 5) is 12.2. The molecule has 28 heavy (non-hydrogen) atoms. The van der Waals surface area contributed by atoms with E-state index in [1.165, 1.54) is 25.0 Å². The first-order chi connectivity index (χ1) is 13.5. The Kier molecular flexibility index (Phi) is 5.63. The predicted molar refractivity (Wildman–Crippen MR) is 94.5 cm³/mol. The molecule has 9 nitrogen and oxygen atoms in total. The standard InChI is InChI=1S/C17H16F2N6O3/c1-27-11-4-6-14(15(8-11)28-2)21-17(26)20-9-16-22-23-24-25(16)10-3-5-12(18)13(19)7-10/h3-8H,9H2,1-2H3,(H2,20,21,26). The van der Waals surface area contributed by atoms with Crippen LogP contribution in [0.2, 0.25) is 0 Å². The Bertz CT molecular complexity index is 995. The van der Waals surface area contributed by atoms with Crippen molar-refractivity contribution in [1.82, 2.24) is 25.5 Å². The van der Waals surface area contributed by atoms with Crippen molar-refractivity contribution in [3.05, 3.63) is 53.9 Å². The number of ether oxygens (including phenoxy) is 2. The quantitative estimate of drug-likeness (QED) is 0.669. The Morgan fingerprint density at radius 3 is 2.64 bits per heavy atom. The minimum Gasteiger partial charge on any atom is -0.497 e. The second kappa shape index (κ2) is 8.29. The van der Waals surface area contributed by atoms with Crippen LogP contribution in [0.3, 0.4) is 0 Å². The van der Waals surface area contributed by atoms with Gasteiger partial charge in [0.15, 0.2) is 17.5 Å². The van der Waals surface area contributed by atoms with Gasteiger partial charge in [-0.2, -0.15) is 4.68 Å². The molecule has 0 radical (unpaired) electrons. The number of amides is 2. The van der Waals surface area contributed by atoms with Gasteiger partial charge in [0.1, 0.15) is 11.5 Å². The molecule has 0 aliphatic carbocycles. The summed E-state index contributed by atoms with van der Waals surface area (Å²) in [6, 6.07) is 7.62. The molecular weight excluding hydrogens is 374 g/mol. The topological polar surface area (TPSA) is 103 Å². The second-order valence-electron chi connectivity index (χ2n) is 5.48. The van der Waals surface area contributed by atoms with Crippen LogP contribution in [0, 0.1) is 11.6 Å². The van der Waals surface area contributed by atoms with Crippen molar-refractivity contribution in [2.45, 2.75) is 6.54 Å². The van der Waals surface area contributed by atoms with Crippen molar-refractivity contribution in [2.75, 3.05) is 19.5 Å². The normalized spacial score (nSPS) is 10.4. The first kappa shape index (κ1) is 19.0. The van der Waals surface area contributed by atoms with Gasteiger partial charge in [-0.15, -0.1) is 5.10 Å². The summed E-state index contributed by atoms with van der Waals surface area (Å²) in [5, 5.41) is 16.2. The zero-order chi connectivity index (χ0) is 20.1. The number of urea groups is 1. The van der Waals surface area contributed by atoms with E-state index in [0.29, 0.717) is 17.2 Å². The number of hydrogen-bond acceptors (Lipinski definition) is 6. The summed E-state index contributed by atoms with van der Waals surface area (Å²) in [5.41, 5.74) is 0.652. The number of nitrogens with zero attached hydrogens (tertiary/aromatic N) is 4. The Hall–Kier alpha value is -3.76. The molecule has 3 aromatic rings. The largest absolute Gasteiger partial charge is 0.497 e. The smallest absolute Gasteiger partial charge is 0.319 e. The molecule has 146 valence electrons. The fourth-order valence-electron chi connectivity index (χ4n) is 2.36. The first-order valence-corrected chi connectivity index (χ1v) is 8.01. The molecule has 3 rings (SSSR count). The molecule has 0 spiro atoms. The molecule has 11 heteroatoms. The van der Waals surface area contributed by atoms with Gasteiger partial charge in [-0.3, -0.25) is 0 Å². The number of hydrogen-bond donors (Lipinski definition) is 2. The molecule has 0 atom stereocenters. The van der Waals surface area contributed by atoms with Crippen LogP contribution in [-0.4, -0.2) is 40.5 Å². The third kappa shape index (κ3) is 4.14. The van der Waals surface area contributed by atoms with Gasteiger partial charge in [-0.05, 0) is 34.7 Å². The highest BCUT2D eigenvalue weighted by Crippen LogP contribution is 2.28. The molecule has 0 aliphatic heterocycles. The average Bonchev–Trinajstić information content (AvgIpc) is 3.17. The van der Waals surface area contributed by atoms with Crippen molar-refractivity contribution in [2.24, 2.45) is 0 Å². The summed E-state index contributed by atoms with van der Waals surface area (Å²) in [5.74, 6) is -0.793. The summed E-state index contributed by atoms with van der Waals surface area (Å²) in [6.45, 7) is -0.0592. The number of aromatic nitrogens is 4. The highest BCUT2D eigenvalue weighted by molar-refractivity contribution is 5.91. The summed E-state index contributed by atoms with van der Waals surface area (Å²) < 4.78 is 38.0. The molecule has 0 bridgehead atoms. The molecule has 0 saturated heterocycles. The molecule has 0 saturated carbocycles. The van der Waals surface area contributed by atoms with Crippen molar-refractivity contribution in [3.8, 4) is 17.2 Å². The van der Waals surface area contributed by atoms with Gasteiger partial charge in [-0.25, -0.2) is 13.6 Å². The van der Waals surface area contributed by atoms with Crippen LogP contribution in [0.15, 0.2) is 36.4 Å². The Morgan fingerprint density at radius 1 is 1.11 bits per heavy atom. The fourth-order valence-corrected chi connectivity index (χ4v) is 2.36. The van der Waals surface area contributed by atoms with Gasteiger partial charge in [0.2, 0.25) is 0 Å². The SMILES string of the molecule is COc1ccc(NC(=O)NCc2nnnn2-c2ccc(F)c(F)c2)c(OC)c1. The van der Waals surface area contributed by atoms with E-state index in [-0.39, 0.29) is 18.1 Å². The minimum atomic E-state index is -1.03. The molecule has 1 aromatic heterocycles. The zero-order valence-corrected chi connectivity index (χ0v) is 14.9. The van der Waals surface area contributed by atoms with Crippen molar-refractivity contribution in [1.29, 1.82) is 0 Å². The summed E-state index contributed by atoms with van der Waals surface area (Å²) >= 11 is 0. The molecule has 2 amide bonds. The van der Waals surface area contributed by atoms with E-state index in [1.807, 2.05) is 0 Å². The highest BCUT2D eigenvalue weighted by atomic mass is 19.2. The number of anilines is 1. The lowest BCUT2D eigenvalue weighted by Gasteiger charge is -2.12. The summed E-state index contributed by atoms with van der Waals surface area (Å²) in [6.07, 6.45) is 0. The van der Waals surface area contributed by atoms with Crippen LogP contribution < -0.4 is 20.1 Å². The molecule has 2 aromatic carbocycles. The monoisotopic (exact) mass is 390 g/mol. The number of nitrogens with one attached hydrogen (secondary N) is 2. The Morgan fingerprint density at radius 2 is 1.93 bits per heavy atom. The maximum Gasteiger partial charge on any atom is 0.319 e. The van der Waals surface area contributed by atoms with Gasteiger partial charge in [0, 0.05) is 12.1 Å². The van der Waals surface area contributed by atoms with Crippen LogP contribution in [-0.2, 0) is 6.54 Å². The van der Waals surface area contributed by atoms with E-state index in [0.717, 1.165) is 12.1 Å². The molecule has 1 heterocycles. The van der Waals surface area contributed by atoms with Crippen LogP contribution in [0.1, 0.15) is 5.82 Å². The van der Waals surface area contributed by atoms with E-state index in [1.54, 1.807) is 18.2 Å². The van der Waals surface area contributed by atoms with Gasteiger partial charge in [-0.1, -0.05) is 0 Å². The first-order valence-electron chi connectivity index (χ1n) is 8.01. The maximum atomic E-state index is 13.4. The Balaban J connectivity index is 1.68. The van der Waals surface area contributed by atoms with Gasteiger partial charge < -0.3 is 20.1 Å². The van der Waals surface area contributed by atoms with Gasteiger partial charge in [0.25, 0.3) is 0 Å². The molecule has 0 unspecified atom stereocenters. The number of rotatable bonds is 6. The molecule has 0 aliphatic rings. The average molecular weight is 390 g/mol. The lowest BCUT2D eigenvalue weighted by molar-refractivity contribution is 0.251. The Labute approximate surface area is 158 Å². The van der Waals surface area contributed by atoms with Gasteiger partial charge >= 0.3 is 6.03 Å². The molecular formula is C17H16F2N6O3. The number of tetrazole rings is 1. The van der Waals surface area contributed by atoms with Gasteiger partial charge in [0.05, 0.1) is 32.1 Å². The number of benzene rings is 2. The maximum absolute atomic E-state index is 13.4. The van der Waals surface area contributed by atoms with Crippen LogP contribution >= 0.6 is 0 Å². The number of carbonyl (C=O) groups is 1. The second-order valence-corrected chi connectivity index (χ2v) is 5.48. The van der Waals surface area contributed by atoms with Crippen LogP contribution in [0.5, 0.6) is 11.5 Å². The van der Waals surface area contributed by atoms with Crippen LogP contribution in [0.25, 0.3) is 5.69 Å². The number of carbonyl (C=O) groups excluding carboxylic acids is 1. The highest BCUT2D eigenvalue weighted by Gasteiger charge is 2.13. The fraction of sp³-hybridized carbons (Fsp3) is 0.176. The predicted octanol–water partition coefficient (Wildman–Crippen LogP) is 2.28. The number of halogens is 2. The minimum absolute atomic E-state index is 0.0592. The third-order valence-corrected chi connectivity index (χ3v) is 3.75. The summed E-state index contributed by atoms with van der Waals surface area (Å²) in [7, 11) is 2.99. The lowest BCUT2D eigenvalue weighted by Crippen LogP contribution is -2.29. The van der Waals surface area contributed by atoms with Crippen LogP contribution in [0.4, 0.5) is 19.3 Å². The third-order valence-electron chi connectivity index (χ3n) is 3.75. The van der Waals surface area contributed by atoms with E-state index >= 15 is 0 Å². The number of methoxy groups -OCH3 is 2. The van der Waals surface area contributed by atoms with E-state index in [9.17, 15) is 13.6 Å². The van der Waals surface area contributed by atoms with Crippen molar-refractivity contribution in [3.63, 3.8) is 0 Å². The van der Waals surface area contributed by atoms with E-state index in [2.05, 4.69) is 26.2 Å². The zero-order valence-electron chi connectivity index (χ0n) is 14.9. The van der Waals surface area contributed by atoms with E-state index in [4.69, 9.17) is 9.47 Å². The van der Waals surface area contributed by atoms with Crippen molar-refractivity contribution >= 4 is 11.7 Å². The molecule has 2 N–H and O–H groups in total.